The van der Waals surface area contributed by atoms with Crippen molar-refractivity contribution in [1.29, 1.82) is 0 Å². The van der Waals surface area contributed by atoms with Crippen LogP contribution in [0, 0.1) is 0 Å². The first-order valence-electron chi connectivity index (χ1n) is 4.71. The van der Waals surface area contributed by atoms with E-state index in [1.54, 1.807) is 4.57 Å². The lowest BCUT2D eigenvalue weighted by atomic mass is 10.3. The molecule has 0 saturated heterocycles. The van der Waals surface area contributed by atoms with E-state index in [1.165, 1.54) is 0 Å². The van der Waals surface area contributed by atoms with E-state index in [4.69, 9.17) is 11.6 Å². The van der Waals surface area contributed by atoms with Crippen molar-refractivity contribution < 1.29 is 0 Å². The highest BCUT2D eigenvalue weighted by Gasteiger charge is 2.02. The Hall–Kier alpha value is -1.48. The number of para-hydroxylation sites is 2. The summed E-state index contributed by atoms with van der Waals surface area (Å²) in [7, 11) is 0. The van der Waals surface area contributed by atoms with Crippen LogP contribution in [-0.4, -0.2) is 15.4 Å². The number of allylic oxidation sites excluding steroid dienone is 2. The summed E-state index contributed by atoms with van der Waals surface area (Å²) in [5.41, 5.74) is 1.69. The van der Waals surface area contributed by atoms with Gasteiger partial charge in [-0.1, -0.05) is 24.3 Å². The van der Waals surface area contributed by atoms with Crippen molar-refractivity contribution in [2.75, 3.05) is 5.88 Å². The number of rotatable bonds is 3. The number of nitrogens with one attached hydrogen (secondary N) is 1. The maximum atomic E-state index is 11.6. The molecule has 1 aromatic heterocycles. The number of fused-ring (bicyclic) bond motifs is 1. The van der Waals surface area contributed by atoms with Crippen LogP contribution in [0.25, 0.3) is 11.0 Å². The third kappa shape index (κ3) is 1.97. The van der Waals surface area contributed by atoms with Crippen LogP contribution in [0.2, 0.25) is 0 Å². The Morgan fingerprint density at radius 3 is 2.93 bits per heavy atom. The van der Waals surface area contributed by atoms with Crippen molar-refractivity contribution in [1.82, 2.24) is 9.55 Å². The van der Waals surface area contributed by atoms with E-state index >= 15 is 0 Å². The molecule has 2 rings (SSSR count). The molecule has 0 radical (unpaired) electrons. The molecule has 1 heterocycles. The largest absolute Gasteiger partial charge is 0.326 e. The highest BCUT2D eigenvalue weighted by atomic mass is 35.5. The third-order valence-corrected chi connectivity index (χ3v) is 2.40. The molecule has 0 aliphatic heterocycles. The van der Waals surface area contributed by atoms with Crippen molar-refractivity contribution in [2.24, 2.45) is 0 Å². The Morgan fingerprint density at radius 1 is 1.33 bits per heavy atom. The highest BCUT2D eigenvalue weighted by Crippen LogP contribution is 2.08. The van der Waals surface area contributed by atoms with Gasteiger partial charge in [-0.25, -0.2) is 4.79 Å². The van der Waals surface area contributed by atoms with Gasteiger partial charge in [0.1, 0.15) is 0 Å². The molecule has 1 aromatic carbocycles. The quantitative estimate of drug-likeness (QED) is 0.627. The van der Waals surface area contributed by atoms with Crippen molar-refractivity contribution >= 4 is 22.6 Å². The molecule has 78 valence electrons. The van der Waals surface area contributed by atoms with Crippen LogP contribution in [0.5, 0.6) is 0 Å². The Bertz CT molecular complexity index is 539. The minimum absolute atomic E-state index is 0.0876. The lowest BCUT2D eigenvalue weighted by molar-refractivity contribution is 0.807. The molecule has 0 atom stereocenters. The summed E-state index contributed by atoms with van der Waals surface area (Å²) in [6, 6.07) is 7.62. The van der Waals surface area contributed by atoms with Gasteiger partial charge in [0.15, 0.2) is 0 Å². The lowest BCUT2D eigenvalue weighted by Crippen LogP contribution is -2.15. The van der Waals surface area contributed by atoms with E-state index in [9.17, 15) is 4.79 Å². The van der Waals surface area contributed by atoms with Gasteiger partial charge >= 0.3 is 5.69 Å². The van der Waals surface area contributed by atoms with E-state index in [1.807, 2.05) is 36.4 Å². The molecule has 0 aliphatic rings. The molecular formula is C11H11ClN2O. The van der Waals surface area contributed by atoms with Gasteiger partial charge in [0.05, 0.1) is 11.0 Å². The highest BCUT2D eigenvalue weighted by molar-refractivity contribution is 6.18. The van der Waals surface area contributed by atoms with Gasteiger partial charge in [0.25, 0.3) is 0 Å². The van der Waals surface area contributed by atoms with E-state index in [0.717, 1.165) is 11.0 Å². The number of nitrogens with zero attached hydrogens (tertiary/aromatic N) is 1. The van der Waals surface area contributed by atoms with Gasteiger partial charge in [-0.15, -0.1) is 11.6 Å². The Balaban J connectivity index is 2.45. The molecule has 0 saturated carbocycles. The van der Waals surface area contributed by atoms with Crippen molar-refractivity contribution in [3.8, 4) is 0 Å². The Kier molecular flexibility index (Phi) is 2.92. The molecule has 0 amide bonds. The van der Waals surface area contributed by atoms with Crippen LogP contribution in [0.3, 0.4) is 0 Å². The number of H-pyrrole nitrogens is 1. The molecule has 3 nitrogen and oxygen atoms in total. The van der Waals surface area contributed by atoms with Crippen LogP contribution < -0.4 is 5.69 Å². The molecule has 15 heavy (non-hydrogen) atoms. The fourth-order valence-corrected chi connectivity index (χ4v) is 1.66. The van der Waals surface area contributed by atoms with Gasteiger partial charge in [-0.3, -0.25) is 4.57 Å². The predicted octanol–water partition coefficient (Wildman–Crippen LogP) is 2.12. The summed E-state index contributed by atoms with van der Waals surface area (Å²) in [5, 5.41) is 0. The average Bonchev–Trinajstić information content (AvgIpc) is 2.56. The van der Waals surface area contributed by atoms with Gasteiger partial charge in [0, 0.05) is 12.4 Å². The molecule has 1 N–H and O–H groups in total. The van der Waals surface area contributed by atoms with Crippen LogP contribution in [0.4, 0.5) is 0 Å². The van der Waals surface area contributed by atoms with Crippen molar-refractivity contribution in [2.45, 2.75) is 6.54 Å². The Morgan fingerprint density at radius 2 is 2.13 bits per heavy atom. The predicted molar refractivity (Wildman–Crippen MR) is 62.4 cm³/mol. The third-order valence-electron chi connectivity index (χ3n) is 2.23. The average molecular weight is 223 g/mol. The number of aromatic amines is 1. The number of aromatic nitrogens is 2. The number of benzene rings is 1. The minimum Gasteiger partial charge on any atom is -0.306 e. The van der Waals surface area contributed by atoms with E-state index in [-0.39, 0.29) is 5.69 Å². The first kappa shape index (κ1) is 10.1. The summed E-state index contributed by atoms with van der Waals surface area (Å²) >= 11 is 5.52. The normalized spacial score (nSPS) is 11.5. The molecule has 0 spiro atoms. The number of imidazole rings is 1. The molecule has 0 aliphatic carbocycles. The second-order valence-electron chi connectivity index (χ2n) is 3.18. The lowest BCUT2D eigenvalue weighted by Gasteiger charge is -1.97. The van der Waals surface area contributed by atoms with E-state index in [2.05, 4.69) is 4.98 Å². The summed E-state index contributed by atoms with van der Waals surface area (Å²) in [5.74, 6) is 0.469. The van der Waals surface area contributed by atoms with Gasteiger partial charge in [-0.05, 0) is 12.1 Å². The van der Waals surface area contributed by atoms with Crippen LogP contribution in [0.15, 0.2) is 41.2 Å². The minimum atomic E-state index is -0.0876. The standard InChI is InChI=1S/C11H11ClN2O/c12-7-3-4-8-14-10-6-2-1-5-9(10)13-11(14)15/h1-6H,7-8H2,(H,13,15). The molecule has 0 unspecified atom stereocenters. The number of hydrogen-bond acceptors (Lipinski definition) is 1. The maximum absolute atomic E-state index is 11.6. The smallest absolute Gasteiger partial charge is 0.306 e. The summed E-state index contributed by atoms with van der Waals surface area (Å²) in [4.78, 5) is 14.4. The van der Waals surface area contributed by atoms with Crippen LogP contribution in [-0.2, 0) is 6.54 Å². The summed E-state index contributed by atoms with van der Waals surface area (Å²) < 4.78 is 1.68. The van der Waals surface area contributed by atoms with Crippen molar-refractivity contribution in [3.63, 3.8) is 0 Å². The SMILES string of the molecule is O=c1[nH]c2ccccc2n1CC=CCCl. The molecule has 0 bridgehead atoms. The number of hydrogen-bond donors (Lipinski definition) is 1. The first-order valence-corrected chi connectivity index (χ1v) is 5.25. The van der Waals surface area contributed by atoms with Gasteiger partial charge in [-0.2, -0.15) is 0 Å². The summed E-state index contributed by atoms with van der Waals surface area (Å²) in [6.07, 6.45) is 3.71. The van der Waals surface area contributed by atoms with E-state index < -0.39 is 0 Å². The fraction of sp³-hybridized carbons (Fsp3) is 0.182. The zero-order chi connectivity index (χ0) is 10.7. The second-order valence-corrected chi connectivity index (χ2v) is 3.49. The fourth-order valence-electron chi connectivity index (χ4n) is 1.53. The maximum Gasteiger partial charge on any atom is 0.326 e. The molecule has 0 fully saturated rings. The van der Waals surface area contributed by atoms with Gasteiger partial charge in [0.2, 0.25) is 0 Å². The second kappa shape index (κ2) is 4.36. The summed E-state index contributed by atoms with van der Waals surface area (Å²) in [6.45, 7) is 0.551. The van der Waals surface area contributed by atoms with Crippen molar-refractivity contribution in [3.05, 3.63) is 46.9 Å². The zero-order valence-corrected chi connectivity index (χ0v) is 8.87. The first-order chi connectivity index (χ1) is 7.33. The zero-order valence-electron chi connectivity index (χ0n) is 8.11. The Labute approximate surface area is 92.0 Å². The van der Waals surface area contributed by atoms with Crippen LogP contribution >= 0.6 is 11.6 Å². The monoisotopic (exact) mass is 222 g/mol. The topological polar surface area (TPSA) is 37.8 Å². The van der Waals surface area contributed by atoms with Gasteiger partial charge < -0.3 is 4.98 Å². The number of halogens is 1. The molecular weight excluding hydrogens is 212 g/mol. The molecule has 2 aromatic rings. The molecule has 4 heteroatoms. The van der Waals surface area contributed by atoms with E-state index in [0.29, 0.717) is 12.4 Å². The van der Waals surface area contributed by atoms with Crippen LogP contribution in [0.1, 0.15) is 0 Å². The number of alkyl halides is 1.